The Morgan fingerprint density at radius 2 is 2.20 bits per heavy atom. The molecule has 0 saturated carbocycles. The van der Waals surface area contributed by atoms with Crippen LogP contribution < -0.4 is 10.2 Å². The highest BCUT2D eigenvalue weighted by Gasteiger charge is 2.20. The van der Waals surface area contributed by atoms with E-state index in [0.717, 1.165) is 36.8 Å². The number of aromatic nitrogens is 2. The van der Waals surface area contributed by atoms with Gasteiger partial charge in [-0.1, -0.05) is 0 Å². The minimum Gasteiger partial charge on any atom is -0.363 e. The molecular weight excluding hydrogens is 188 g/mol. The number of hydrogen-bond acceptors (Lipinski definition) is 4. The summed E-state index contributed by atoms with van der Waals surface area (Å²) in [4.78, 5) is 11.1. The first-order valence-corrected chi connectivity index (χ1v) is 5.40. The molecule has 1 aromatic rings. The second-order valence-corrected chi connectivity index (χ2v) is 4.31. The van der Waals surface area contributed by atoms with Gasteiger partial charge in [0.25, 0.3) is 0 Å². The van der Waals surface area contributed by atoms with Gasteiger partial charge in [0.2, 0.25) is 0 Å². The molecule has 1 atom stereocenters. The molecule has 1 aromatic heterocycles. The summed E-state index contributed by atoms with van der Waals surface area (Å²) in [5.41, 5.74) is 1.05. The van der Waals surface area contributed by atoms with Gasteiger partial charge in [-0.3, -0.25) is 0 Å². The van der Waals surface area contributed by atoms with Gasteiger partial charge in [-0.2, -0.15) is 0 Å². The zero-order chi connectivity index (χ0) is 10.8. The average molecular weight is 206 g/mol. The fourth-order valence-corrected chi connectivity index (χ4v) is 1.86. The molecule has 1 saturated heterocycles. The van der Waals surface area contributed by atoms with E-state index >= 15 is 0 Å². The van der Waals surface area contributed by atoms with Gasteiger partial charge in [0.1, 0.15) is 11.6 Å². The summed E-state index contributed by atoms with van der Waals surface area (Å²) >= 11 is 0. The third-order valence-electron chi connectivity index (χ3n) is 2.74. The lowest BCUT2D eigenvalue weighted by molar-refractivity contribution is 0.695. The van der Waals surface area contributed by atoms with Crippen LogP contribution >= 0.6 is 0 Å². The normalized spacial score (nSPS) is 20.6. The molecule has 1 aliphatic rings. The van der Waals surface area contributed by atoms with Crippen molar-refractivity contribution in [2.45, 2.75) is 19.3 Å². The molecule has 1 N–H and O–H groups in total. The zero-order valence-electron chi connectivity index (χ0n) is 9.62. The van der Waals surface area contributed by atoms with Crippen LogP contribution in [-0.4, -0.2) is 37.2 Å². The van der Waals surface area contributed by atoms with Crippen LogP contribution in [0.1, 0.15) is 23.9 Å². The van der Waals surface area contributed by atoms with Crippen molar-refractivity contribution in [2.75, 3.05) is 32.1 Å². The van der Waals surface area contributed by atoms with E-state index in [-0.39, 0.29) is 0 Å². The van der Waals surface area contributed by atoms with Crippen molar-refractivity contribution in [2.24, 2.45) is 0 Å². The molecule has 0 aromatic carbocycles. The molecule has 2 rings (SSSR count). The minimum absolute atomic E-state index is 0.489. The van der Waals surface area contributed by atoms with E-state index in [0.29, 0.717) is 5.92 Å². The van der Waals surface area contributed by atoms with E-state index < -0.39 is 0 Å². The quantitative estimate of drug-likeness (QED) is 0.781. The number of anilines is 1. The van der Waals surface area contributed by atoms with E-state index in [4.69, 9.17) is 0 Å². The fourth-order valence-electron chi connectivity index (χ4n) is 1.86. The molecule has 1 aliphatic heterocycles. The third kappa shape index (κ3) is 2.26. The Morgan fingerprint density at radius 3 is 2.80 bits per heavy atom. The molecule has 1 fully saturated rings. The Morgan fingerprint density at radius 1 is 1.40 bits per heavy atom. The second kappa shape index (κ2) is 4.14. The number of nitrogens with one attached hydrogen (secondary N) is 1. The molecule has 82 valence electrons. The van der Waals surface area contributed by atoms with E-state index in [1.807, 2.05) is 32.0 Å². The molecule has 2 heterocycles. The Bertz CT molecular complexity index is 342. The van der Waals surface area contributed by atoms with Crippen LogP contribution in [0.3, 0.4) is 0 Å². The van der Waals surface area contributed by atoms with Gasteiger partial charge < -0.3 is 10.2 Å². The van der Waals surface area contributed by atoms with Crippen LogP contribution in [0.2, 0.25) is 0 Å². The first-order chi connectivity index (χ1) is 7.16. The highest BCUT2D eigenvalue weighted by atomic mass is 15.2. The lowest BCUT2D eigenvalue weighted by Crippen LogP contribution is -2.15. The third-order valence-corrected chi connectivity index (χ3v) is 2.74. The smallest absolute Gasteiger partial charge is 0.135 e. The SMILES string of the molecule is Cc1cc(N(C)C)nc([C@@H]2CCNC2)n1. The lowest BCUT2D eigenvalue weighted by atomic mass is 10.1. The van der Waals surface area contributed by atoms with Gasteiger partial charge >= 0.3 is 0 Å². The first kappa shape index (κ1) is 10.4. The van der Waals surface area contributed by atoms with E-state index in [1.54, 1.807) is 0 Å². The van der Waals surface area contributed by atoms with E-state index in [2.05, 4.69) is 15.3 Å². The van der Waals surface area contributed by atoms with Crippen molar-refractivity contribution >= 4 is 5.82 Å². The van der Waals surface area contributed by atoms with Crippen molar-refractivity contribution in [3.63, 3.8) is 0 Å². The van der Waals surface area contributed by atoms with Gasteiger partial charge in [0.05, 0.1) is 0 Å². The molecule has 0 bridgehead atoms. The average Bonchev–Trinajstić information content (AvgIpc) is 2.69. The fraction of sp³-hybridized carbons (Fsp3) is 0.636. The van der Waals surface area contributed by atoms with Gasteiger partial charge in [-0.15, -0.1) is 0 Å². The van der Waals surface area contributed by atoms with Crippen LogP contribution in [-0.2, 0) is 0 Å². The van der Waals surface area contributed by atoms with Crippen molar-refractivity contribution in [3.8, 4) is 0 Å². The lowest BCUT2D eigenvalue weighted by Gasteiger charge is -2.15. The summed E-state index contributed by atoms with van der Waals surface area (Å²) in [6, 6.07) is 2.02. The molecule has 0 amide bonds. The van der Waals surface area contributed by atoms with Crippen LogP contribution in [0.15, 0.2) is 6.07 Å². The minimum atomic E-state index is 0.489. The Balaban J connectivity index is 2.30. The van der Waals surface area contributed by atoms with Crippen LogP contribution in [0.4, 0.5) is 5.82 Å². The number of nitrogens with zero attached hydrogens (tertiary/aromatic N) is 3. The molecule has 15 heavy (non-hydrogen) atoms. The van der Waals surface area contributed by atoms with Crippen molar-refractivity contribution < 1.29 is 0 Å². The highest BCUT2D eigenvalue weighted by molar-refractivity contribution is 5.38. The molecule has 0 unspecified atom stereocenters. The zero-order valence-corrected chi connectivity index (χ0v) is 9.62. The summed E-state index contributed by atoms with van der Waals surface area (Å²) in [6.07, 6.45) is 1.15. The second-order valence-electron chi connectivity index (χ2n) is 4.31. The Hall–Kier alpha value is -1.16. The largest absolute Gasteiger partial charge is 0.363 e. The maximum absolute atomic E-state index is 4.59. The maximum Gasteiger partial charge on any atom is 0.135 e. The van der Waals surface area contributed by atoms with E-state index in [9.17, 15) is 0 Å². The number of hydrogen-bond donors (Lipinski definition) is 1. The molecule has 4 nitrogen and oxygen atoms in total. The van der Waals surface area contributed by atoms with Gasteiger partial charge in [0, 0.05) is 38.3 Å². The molecule has 0 aliphatic carbocycles. The number of rotatable bonds is 2. The molecule has 4 heteroatoms. The summed E-state index contributed by atoms with van der Waals surface area (Å²) in [5, 5.41) is 3.35. The monoisotopic (exact) mass is 206 g/mol. The Kier molecular flexibility index (Phi) is 2.86. The predicted molar refractivity (Wildman–Crippen MR) is 61.3 cm³/mol. The van der Waals surface area contributed by atoms with Crippen molar-refractivity contribution in [1.82, 2.24) is 15.3 Å². The van der Waals surface area contributed by atoms with Crippen LogP contribution in [0.5, 0.6) is 0 Å². The van der Waals surface area contributed by atoms with Gasteiger partial charge in [-0.05, 0) is 19.9 Å². The first-order valence-electron chi connectivity index (χ1n) is 5.40. The summed E-state index contributed by atoms with van der Waals surface area (Å²) in [6.45, 7) is 4.12. The summed E-state index contributed by atoms with van der Waals surface area (Å²) in [7, 11) is 4.02. The van der Waals surface area contributed by atoms with Crippen molar-refractivity contribution in [3.05, 3.63) is 17.6 Å². The molecule has 0 spiro atoms. The highest BCUT2D eigenvalue weighted by Crippen LogP contribution is 2.21. The Labute approximate surface area is 90.7 Å². The standard InChI is InChI=1S/C11H18N4/c1-8-6-10(15(2)3)14-11(13-8)9-4-5-12-7-9/h6,9,12H,4-5,7H2,1-3H3/t9-/m1/s1. The number of aryl methyl sites for hydroxylation is 1. The van der Waals surface area contributed by atoms with Crippen molar-refractivity contribution in [1.29, 1.82) is 0 Å². The van der Waals surface area contributed by atoms with Crippen LogP contribution in [0.25, 0.3) is 0 Å². The molecule has 0 radical (unpaired) electrons. The molecular formula is C11H18N4. The predicted octanol–water partition coefficient (Wildman–Crippen LogP) is 0.928. The van der Waals surface area contributed by atoms with Crippen LogP contribution in [0, 0.1) is 6.92 Å². The summed E-state index contributed by atoms with van der Waals surface area (Å²) in [5.74, 6) is 2.48. The summed E-state index contributed by atoms with van der Waals surface area (Å²) < 4.78 is 0. The van der Waals surface area contributed by atoms with Gasteiger partial charge in [0.15, 0.2) is 0 Å². The maximum atomic E-state index is 4.59. The van der Waals surface area contributed by atoms with E-state index in [1.165, 1.54) is 0 Å². The van der Waals surface area contributed by atoms with Gasteiger partial charge in [-0.25, -0.2) is 9.97 Å². The topological polar surface area (TPSA) is 41.1 Å².